The fourth-order valence-electron chi connectivity index (χ4n) is 0.530. The topological polar surface area (TPSA) is 0 Å². The summed E-state index contributed by atoms with van der Waals surface area (Å²) in [5.74, 6) is 0. The molecule has 0 spiro atoms. The van der Waals surface area contributed by atoms with Crippen LogP contribution in [0.15, 0.2) is 30.3 Å². The Morgan fingerprint density at radius 1 is 1.22 bits per heavy atom. The zero-order valence-corrected chi connectivity index (χ0v) is 8.75. The van der Waals surface area contributed by atoms with Gasteiger partial charge in [0.2, 0.25) is 0 Å². The average Bonchev–Trinajstić information content (AvgIpc) is 1.91. The second-order valence-electron chi connectivity index (χ2n) is 1.51. The summed E-state index contributed by atoms with van der Waals surface area (Å²) in [4.78, 5) is 0. The van der Waals surface area contributed by atoms with E-state index in [0.29, 0.717) is 0 Å². The molecule has 0 aliphatic rings. The molecule has 0 nitrogen and oxygen atoms in total. The molecule has 1 atom stereocenters. The summed E-state index contributed by atoms with van der Waals surface area (Å²) in [7, 11) is 5.67. The van der Waals surface area contributed by atoms with E-state index in [1.807, 2.05) is 6.07 Å². The summed E-state index contributed by atoms with van der Waals surface area (Å²) < 4.78 is 0. The molecule has 1 aromatic carbocycles. The van der Waals surface area contributed by atoms with Gasteiger partial charge in [-0.3, -0.25) is 0 Å². The fourth-order valence-corrected chi connectivity index (χ4v) is 4.67. The molecule has 1 unspecified atom stereocenters. The zero-order chi connectivity index (χ0) is 6.53. The van der Waals surface area contributed by atoms with Crippen molar-refractivity contribution < 1.29 is 16.2 Å². The summed E-state index contributed by atoms with van der Waals surface area (Å²) >= 11 is -0.182. The molecule has 0 N–H and O–H groups in total. The second-order valence-corrected chi connectivity index (χ2v) is 8.63. The van der Waals surface area contributed by atoms with Gasteiger partial charge < -0.3 is 0 Å². The van der Waals surface area contributed by atoms with Crippen molar-refractivity contribution in [2.24, 2.45) is 0 Å². The van der Waals surface area contributed by atoms with Gasteiger partial charge in [-0.2, -0.15) is 0 Å². The molecular weight excluding hydrogens is 331 g/mol. The van der Waals surface area contributed by atoms with Gasteiger partial charge in [0.15, 0.2) is 0 Å². The van der Waals surface area contributed by atoms with Crippen LogP contribution < -0.4 is 5.30 Å². The number of hydrogen-bond donors (Lipinski definition) is 0. The molecule has 9 heavy (non-hydrogen) atoms. The molecule has 0 aromatic heterocycles. The Hall–Kier alpha value is 0.589. The number of hydrogen-bond acceptors (Lipinski definition) is 0. The molecule has 0 saturated heterocycles. The second kappa shape index (κ2) is 4.41. The van der Waals surface area contributed by atoms with Crippen LogP contribution in [-0.2, 0) is 16.2 Å². The molecule has 0 fully saturated rings. The van der Waals surface area contributed by atoms with Crippen molar-refractivity contribution in [1.29, 1.82) is 0 Å². The Balaban J connectivity index is 2.61. The van der Waals surface area contributed by atoms with Gasteiger partial charge in [-0.15, -0.1) is 0 Å². The van der Waals surface area contributed by atoms with Crippen molar-refractivity contribution in [3.63, 3.8) is 0 Å². The van der Waals surface area contributed by atoms with Gasteiger partial charge in [-0.1, -0.05) is 0 Å². The average molecular weight is 337 g/mol. The van der Waals surface area contributed by atoms with Crippen molar-refractivity contribution in [2.75, 3.05) is 0 Å². The third kappa shape index (κ3) is 2.78. The van der Waals surface area contributed by atoms with Crippen molar-refractivity contribution in [3.8, 4) is 0 Å². The van der Waals surface area contributed by atoms with Crippen molar-refractivity contribution in [3.05, 3.63) is 30.3 Å². The quantitative estimate of drug-likeness (QED) is 0.726. The van der Waals surface area contributed by atoms with E-state index in [1.165, 1.54) is 5.30 Å². The van der Waals surface area contributed by atoms with Crippen LogP contribution in [0.5, 0.6) is 0 Å². The summed E-state index contributed by atoms with van der Waals surface area (Å²) in [6.45, 7) is 0.878. The van der Waals surface area contributed by atoms with Crippen LogP contribution in [0.4, 0.5) is 0 Å². The molecule has 0 heterocycles. The summed E-state index contributed by atoms with van der Waals surface area (Å²) in [6.07, 6.45) is 0. The maximum absolute atomic E-state index is 5.67. The Morgan fingerprint density at radius 3 is 2.44 bits per heavy atom. The minimum absolute atomic E-state index is 0.182. The number of rotatable bonds is 2. The van der Waals surface area contributed by atoms with Crippen LogP contribution in [-0.4, -0.2) is 0 Å². The van der Waals surface area contributed by atoms with Crippen LogP contribution in [0.2, 0.25) is 0 Å². The molecule has 0 aliphatic heterocycles. The van der Waals surface area contributed by atoms with E-state index >= 15 is 0 Å². The van der Waals surface area contributed by atoms with E-state index in [1.54, 1.807) is 0 Å². The van der Waals surface area contributed by atoms with Gasteiger partial charge in [-0.05, 0) is 0 Å². The van der Waals surface area contributed by atoms with Crippen molar-refractivity contribution >= 4 is 21.7 Å². The molecule has 0 aliphatic carbocycles. The van der Waals surface area contributed by atoms with Gasteiger partial charge in [0.1, 0.15) is 0 Å². The van der Waals surface area contributed by atoms with Crippen LogP contribution in [0, 0.1) is 0 Å². The summed E-state index contributed by atoms with van der Waals surface area (Å²) in [5.41, 5.74) is 0. The van der Waals surface area contributed by atoms with Gasteiger partial charge in [0.05, 0.1) is 0 Å². The van der Waals surface area contributed by atoms with Crippen LogP contribution in [0.25, 0.3) is 0 Å². The Kier molecular flexibility index (Phi) is 3.77. The Bertz CT molecular complexity index is 166. The molecule has 0 bridgehead atoms. The van der Waals surface area contributed by atoms with Crippen molar-refractivity contribution in [1.82, 2.24) is 0 Å². The van der Waals surface area contributed by atoms with Crippen molar-refractivity contribution in [2.45, 2.75) is 0 Å². The minimum atomic E-state index is -0.182. The van der Waals surface area contributed by atoms with E-state index < -0.39 is 0 Å². The molecule has 0 amide bonds. The Morgan fingerprint density at radius 2 is 1.89 bits per heavy atom. The predicted octanol–water partition coefficient (Wildman–Crippen LogP) is 2.14. The first-order valence-electron chi connectivity index (χ1n) is 2.45. The normalized spacial score (nSPS) is 11.2. The third-order valence-electron chi connectivity index (χ3n) is 0.902. The predicted molar refractivity (Wildman–Crippen MR) is 40.2 cm³/mol. The van der Waals surface area contributed by atoms with Gasteiger partial charge in [0.25, 0.3) is 0 Å². The van der Waals surface area contributed by atoms with Gasteiger partial charge >= 0.3 is 68.2 Å². The molecule has 0 saturated carbocycles. The monoisotopic (exact) mass is 337 g/mol. The first-order valence-corrected chi connectivity index (χ1v) is 9.85. The molecule has 51 valence electrons. The SMILES string of the molecule is [Cl][Ir][PH]c1ccccc1. The number of benzene rings is 1. The summed E-state index contributed by atoms with van der Waals surface area (Å²) in [6, 6.07) is 10.4. The third-order valence-corrected chi connectivity index (χ3v) is 5.79. The van der Waals surface area contributed by atoms with E-state index in [4.69, 9.17) is 9.58 Å². The van der Waals surface area contributed by atoms with Crippen LogP contribution in [0.3, 0.4) is 0 Å². The first-order chi connectivity index (χ1) is 4.43. The molecule has 1 rings (SSSR count). The van der Waals surface area contributed by atoms with Gasteiger partial charge in [0, 0.05) is 0 Å². The first kappa shape index (κ1) is 7.69. The Labute approximate surface area is 68.2 Å². The number of halogens is 1. The molecule has 1 aromatic rings. The van der Waals surface area contributed by atoms with E-state index in [2.05, 4.69) is 24.3 Å². The molecular formula is C6H6ClIrP. The zero-order valence-electron chi connectivity index (χ0n) is 4.60. The van der Waals surface area contributed by atoms with E-state index in [9.17, 15) is 0 Å². The van der Waals surface area contributed by atoms with E-state index in [0.717, 1.165) is 6.82 Å². The molecule has 3 heteroatoms. The van der Waals surface area contributed by atoms with E-state index in [-0.39, 0.29) is 16.2 Å². The summed E-state index contributed by atoms with van der Waals surface area (Å²) in [5, 5.41) is 1.40. The molecule has 0 radical (unpaired) electrons. The van der Waals surface area contributed by atoms with Crippen LogP contribution in [0.1, 0.15) is 0 Å². The maximum atomic E-state index is 5.67. The van der Waals surface area contributed by atoms with Gasteiger partial charge in [-0.25, -0.2) is 0 Å². The standard InChI is InChI=1S/C6H6P.ClH.Ir/c7-6-4-2-1-3-5-6;;/h1-5,7H;1H;/q-1;;+2/p-1. The fraction of sp³-hybridized carbons (Fsp3) is 0. The van der Waals surface area contributed by atoms with Crippen LogP contribution >= 0.6 is 16.4 Å².